The van der Waals surface area contributed by atoms with E-state index in [-0.39, 0.29) is 5.75 Å². The Hall–Kier alpha value is -1.07. The lowest BCUT2D eigenvalue weighted by Gasteiger charge is -2.07. The maximum atomic E-state index is 11.6. The molecule has 4 nitrogen and oxygen atoms in total. The molecule has 0 saturated heterocycles. The van der Waals surface area contributed by atoms with Crippen LogP contribution in [0.1, 0.15) is 25.3 Å². The van der Waals surface area contributed by atoms with Crippen LogP contribution in [0.5, 0.6) is 5.75 Å². The first-order valence-corrected chi connectivity index (χ1v) is 7.83. The minimum atomic E-state index is -3.11. The molecule has 1 N–H and O–H groups in total. The Bertz CT molecular complexity index is 457. The Morgan fingerprint density at radius 1 is 1.33 bits per heavy atom. The summed E-state index contributed by atoms with van der Waals surface area (Å²) in [5.74, 6) is 1.00. The summed E-state index contributed by atoms with van der Waals surface area (Å²) in [4.78, 5) is 0. The first-order valence-electron chi connectivity index (χ1n) is 6.17. The molecule has 1 aromatic rings. The highest BCUT2D eigenvalue weighted by Crippen LogP contribution is 2.12. The van der Waals surface area contributed by atoms with Crippen molar-refractivity contribution in [2.45, 2.75) is 26.2 Å². The second kappa shape index (κ2) is 7.38. The number of hydrogen-bond donors (Lipinski definition) is 1. The van der Waals surface area contributed by atoms with E-state index in [1.807, 2.05) is 31.2 Å². The number of benzene rings is 1. The number of nitrogens with one attached hydrogen (secondary N) is 1. The summed E-state index contributed by atoms with van der Waals surface area (Å²) in [6, 6.07) is 7.65. The van der Waals surface area contributed by atoms with Gasteiger partial charge in [0.2, 0.25) is 10.0 Å². The predicted molar refractivity (Wildman–Crippen MR) is 73.4 cm³/mol. The molecule has 0 heterocycles. The molecular weight excluding hydrogens is 250 g/mol. The quantitative estimate of drug-likeness (QED) is 0.786. The molecular formula is C13H21NO3S. The Balaban J connectivity index is 2.41. The SMILES string of the molecule is CCCCS(=O)(=O)NCCc1cccc(OC)c1. The second-order valence-electron chi connectivity index (χ2n) is 4.17. The van der Waals surface area contributed by atoms with Crippen LogP contribution in [0.3, 0.4) is 0 Å². The molecule has 18 heavy (non-hydrogen) atoms. The van der Waals surface area contributed by atoms with E-state index in [2.05, 4.69) is 4.72 Å². The number of methoxy groups -OCH3 is 1. The van der Waals surface area contributed by atoms with E-state index >= 15 is 0 Å². The third-order valence-electron chi connectivity index (χ3n) is 2.64. The Morgan fingerprint density at radius 2 is 2.11 bits per heavy atom. The highest BCUT2D eigenvalue weighted by molar-refractivity contribution is 7.89. The van der Waals surface area contributed by atoms with Crippen LogP contribution in [0.4, 0.5) is 0 Å². The maximum absolute atomic E-state index is 11.6. The van der Waals surface area contributed by atoms with Gasteiger partial charge in [-0.2, -0.15) is 0 Å². The lowest BCUT2D eigenvalue weighted by Crippen LogP contribution is -2.28. The lowest BCUT2D eigenvalue weighted by molar-refractivity contribution is 0.414. The normalized spacial score (nSPS) is 11.4. The van der Waals surface area contributed by atoms with Gasteiger partial charge in [-0.05, 0) is 30.5 Å². The number of sulfonamides is 1. The molecule has 1 rings (SSSR count). The van der Waals surface area contributed by atoms with E-state index in [4.69, 9.17) is 4.74 Å². The van der Waals surface area contributed by atoms with Crippen molar-refractivity contribution >= 4 is 10.0 Å². The second-order valence-corrected chi connectivity index (χ2v) is 6.09. The molecule has 1 aromatic carbocycles. The van der Waals surface area contributed by atoms with E-state index in [0.29, 0.717) is 19.4 Å². The molecule has 0 unspecified atom stereocenters. The first kappa shape index (κ1) is 15.0. The third-order valence-corrected chi connectivity index (χ3v) is 4.11. The van der Waals surface area contributed by atoms with Gasteiger partial charge < -0.3 is 4.74 Å². The van der Waals surface area contributed by atoms with Gasteiger partial charge in [-0.3, -0.25) is 0 Å². The summed E-state index contributed by atoms with van der Waals surface area (Å²) in [7, 11) is -1.49. The monoisotopic (exact) mass is 271 g/mol. The fourth-order valence-corrected chi connectivity index (χ4v) is 2.81. The van der Waals surface area contributed by atoms with Gasteiger partial charge in [0, 0.05) is 6.54 Å². The molecule has 102 valence electrons. The number of ether oxygens (including phenoxy) is 1. The molecule has 5 heteroatoms. The van der Waals surface area contributed by atoms with Crippen LogP contribution >= 0.6 is 0 Å². The van der Waals surface area contributed by atoms with E-state index in [1.54, 1.807) is 7.11 Å². The number of unbranched alkanes of at least 4 members (excludes halogenated alkanes) is 1. The summed E-state index contributed by atoms with van der Waals surface area (Å²) >= 11 is 0. The molecule has 0 spiro atoms. The van der Waals surface area contributed by atoms with Crippen LogP contribution < -0.4 is 9.46 Å². The summed E-state index contributed by atoms with van der Waals surface area (Å²) in [5, 5.41) is 0. The third kappa shape index (κ3) is 5.51. The van der Waals surface area contributed by atoms with E-state index in [9.17, 15) is 8.42 Å². The van der Waals surface area contributed by atoms with Gasteiger partial charge in [-0.15, -0.1) is 0 Å². The lowest BCUT2D eigenvalue weighted by atomic mass is 10.1. The van der Waals surface area contributed by atoms with Crippen molar-refractivity contribution in [2.24, 2.45) is 0 Å². The van der Waals surface area contributed by atoms with Crippen LogP contribution in [0.15, 0.2) is 24.3 Å². The highest BCUT2D eigenvalue weighted by atomic mass is 32.2. The van der Waals surface area contributed by atoms with Gasteiger partial charge in [0.25, 0.3) is 0 Å². The average Bonchev–Trinajstić information content (AvgIpc) is 2.36. The fourth-order valence-electron chi connectivity index (χ4n) is 1.59. The highest BCUT2D eigenvalue weighted by Gasteiger charge is 2.08. The molecule has 0 aromatic heterocycles. The fraction of sp³-hybridized carbons (Fsp3) is 0.538. The summed E-state index contributed by atoms with van der Waals surface area (Å²) < 4.78 is 30.9. The summed E-state index contributed by atoms with van der Waals surface area (Å²) in [6.45, 7) is 2.41. The Labute approximate surface area is 109 Å². The van der Waals surface area contributed by atoms with Gasteiger partial charge >= 0.3 is 0 Å². The van der Waals surface area contributed by atoms with Gasteiger partial charge in [-0.1, -0.05) is 25.5 Å². The minimum absolute atomic E-state index is 0.210. The van der Waals surface area contributed by atoms with Gasteiger partial charge in [0.1, 0.15) is 5.75 Å². The predicted octanol–water partition coefficient (Wildman–Crippen LogP) is 1.96. The molecule has 0 aliphatic rings. The summed E-state index contributed by atoms with van der Waals surface area (Å²) in [6.07, 6.45) is 2.26. The average molecular weight is 271 g/mol. The zero-order valence-electron chi connectivity index (χ0n) is 11.0. The van der Waals surface area contributed by atoms with Gasteiger partial charge in [0.15, 0.2) is 0 Å². The first-order chi connectivity index (χ1) is 8.57. The van der Waals surface area contributed by atoms with Gasteiger partial charge in [0.05, 0.1) is 12.9 Å². The molecule has 0 aliphatic heterocycles. The van der Waals surface area contributed by atoms with E-state index in [0.717, 1.165) is 17.7 Å². The van der Waals surface area contributed by atoms with E-state index in [1.165, 1.54) is 0 Å². The number of hydrogen-bond acceptors (Lipinski definition) is 3. The summed E-state index contributed by atoms with van der Waals surface area (Å²) in [5.41, 5.74) is 1.06. The van der Waals surface area contributed by atoms with Crippen molar-refractivity contribution in [3.05, 3.63) is 29.8 Å². The molecule has 0 amide bonds. The molecule has 0 aliphatic carbocycles. The van der Waals surface area contributed by atoms with Crippen LogP contribution in [0.25, 0.3) is 0 Å². The van der Waals surface area contributed by atoms with Crippen molar-refractivity contribution in [3.8, 4) is 5.75 Å². The molecule has 0 radical (unpaired) electrons. The van der Waals surface area contributed by atoms with Crippen LogP contribution in [0.2, 0.25) is 0 Å². The van der Waals surface area contributed by atoms with Crippen LogP contribution in [-0.2, 0) is 16.4 Å². The largest absolute Gasteiger partial charge is 0.497 e. The molecule has 0 fully saturated rings. The van der Waals surface area contributed by atoms with Crippen molar-refractivity contribution in [1.82, 2.24) is 4.72 Å². The number of rotatable bonds is 8. The Kier molecular flexibility index (Phi) is 6.15. The Morgan fingerprint density at radius 3 is 2.78 bits per heavy atom. The van der Waals surface area contributed by atoms with Crippen molar-refractivity contribution in [1.29, 1.82) is 0 Å². The van der Waals surface area contributed by atoms with Gasteiger partial charge in [-0.25, -0.2) is 13.1 Å². The topological polar surface area (TPSA) is 55.4 Å². The van der Waals surface area contributed by atoms with Crippen LogP contribution in [0, 0.1) is 0 Å². The zero-order valence-corrected chi connectivity index (χ0v) is 11.8. The molecule has 0 atom stereocenters. The molecule has 0 bridgehead atoms. The van der Waals surface area contributed by atoms with Crippen LogP contribution in [-0.4, -0.2) is 27.8 Å². The van der Waals surface area contributed by atoms with Crippen molar-refractivity contribution in [3.63, 3.8) is 0 Å². The van der Waals surface area contributed by atoms with Crippen molar-refractivity contribution < 1.29 is 13.2 Å². The molecule has 0 saturated carbocycles. The standard InChI is InChI=1S/C13H21NO3S/c1-3-4-10-18(15,16)14-9-8-12-6-5-7-13(11-12)17-2/h5-7,11,14H,3-4,8-10H2,1-2H3. The smallest absolute Gasteiger partial charge is 0.211 e. The van der Waals surface area contributed by atoms with Crippen molar-refractivity contribution in [2.75, 3.05) is 19.4 Å². The maximum Gasteiger partial charge on any atom is 0.211 e. The van der Waals surface area contributed by atoms with E-state index < -0.39 is 10.0 Å². The zero-order chi connectivity index (χ0) is 13.4. The minimum Gasteiger partial charge on any atom is -0.497 e.